The monoisotopic (exact) mass is 165 g/mol. The van der Waals surface area contributed by atoms with E-state index < -0.39 is 5.91 Å². The van der Waals surface area contributed by atoms with Gasteiger partial charge < -0.3 is 16.8 Å². The third-order valence-corrected chi connectivity index (χ3v) is 1.61. The number of hydrogen-bond donors (Lipinski definition) is 3. The molecule has 0 atom stereocenters. The molecule has 0 fully saturated rings. The number of nitrogens with one attached hydrogen (secondary N) is 1. The van der Waals surface area contributed by atoms with Gasteiger partial charge in [0.2, 0.25) is 0 Å². The van der Waals surface area contributed by atoms with Crippen molar-refractivity contribution in [3.8, 4) is 0 Å². The van der Waals surface area contributed by atoms with Crippen molar-refractivity contribution in [3.05, 3.63) is 23.8 Å². The summed E-state index contributed by atoms with van der Waals surface area (Å²) in [4.78, 5) is 10.9. The van der Waals surface area contributed by atoms with Crippen molar-refractivity contribution in [2.75, 3.05) is 18.1 Å². The van der Waals surface area contributed by atoms with Gasteiger partial charge in [-0.05, 0) is 12.1 Å². The number of anilines is 2. The standard InChI is InChI=1S/C8H11N3O/c1-11-6-4-2-3-5(9)7(6)8(10)12/h2-4,11H,9H2,1H3,(H2,10,12). The molecule has 0 aromatic heterocycles. The largest absolute Gasteiger partial charge is 0.398 e. The highest BCUT2D eigenvalue weighted by Crippen LogP contribution is 2.20. The lowest BCUT2D eigenvalue weighted by Gasteiger charge is -2.07. The van der Waals surface area contributed by atoms with Gasteiger partial charge in [0, 0.05) is 18.4 Å². The number of carbonyl (C=O) groups is 1. The van der Waals surface area contributed by atoms with Gasteiger partial charge in [0.25, 0.3) is 5.91 Å². The average molecular weight is 165 g/mol. The zero-order valence-electron chi connectivity index (χ0n) is 6.79. The Morgan fingerprint density at radius 1 is 1.50 bits per heavy atom. The number of amides is 1. The van der Waals surface area contributed by atoms with Gasteiger partial charge in [0.15, 0.2) is 0 Å². The van der Waals surface area contributed by atoms with Gasteiger partial charge in [-0.15, -0.1) is 0 Å². The normalized spacial score (nSPS) is 9.42. The van der Waals surface area contributed by atoms with Crippen molar-refractivity contribution in [1.29, 1.82) is 0 Å². The predicted molar refractivity (Wildman–Crippen MR) is 48.9 cm³/mol. The number of rotatable bonds is 2. The van der Waals surface area contributed by atoms with Crippen LogP contribution in [-0.2, 0) is 0 Å². The summed E-state index contributed by atoms with van der Waals surface area (Å²) in [7, 11) is 1.71. The Morgan fingerprint density at radius 3 is 2.58 bits per heavy atom. The van der Waals surface area contributed by atoms with E-state index in [4.69, 9.17) is 11.5 Å². The molecule has 0 spiro atoms. The maximum absolute atomic E-state index is 10.9. The van der Waals surface area contributed by atoms with Gasteiger partial charge in [0.1, 0.15) is 0 Å². The van der Waals surface area contributed by atoms with E-state index >= 15 is 0 Å². The van der Waals surface area contributed by atoms with Gasteiger partial charge in [-0.2, -0.15) is 0 Å². The fourth-order valence-corrected chi connectivity index (χ4v) is 1.05. The van der Waals surface area contributed by atoms with Crippen LogP contribution in [0.4, 0.5) is 11.4 Å². The summed E-state index contributed by atoms with van der Waals surface area (Å²) in [6.45, 7) is 0. The van der Waals surface area contributed by atoms with Crippen LogP contribution in [-0.4, -0.2) is 13.0 Å². The van der Waals surface area contributed by atoms with Crippen LogP contribution in [0.25, 0.3) is 0 Å². The molecular weight excluding hydrogens is 154 g/mol. The van der Waals surface area contributed by atoms with Crippen LogP contribution in [0.3, 0.4) is 0 Å². The Bertz CT molecular complexity index is 309. The van der Waals surface area contributed by atoms with Gasteiger partial charge >= 0.3 is 0 Å². The summed E-state index contributed by atoms with van der Waals surface area (Å²) in [5.41, 5.74) is 12.1. The Balaban J connectivity index is 3.29. The van der Waals surface area contributed by atoms with Crippen LogP contribution in [0.5, 0.6) is 0 Å². The number of carbonyl (C=O) groups excluding carboxylic acids is 1. The Hall–Kier alpha value is -1.71. The van der Waals surface area contributed by atoms with Crippen LogP contribution in [0, 0.1) is 0 Å². The minimum Gasteiger partial charge on any atom is -0.398 e. The third-order valence-electron chi connectivity index (χ3n) is 1.61. The molecule has 4 nitrogen and oxygen atoms in total. The minimum atomic E-state index is -0.516. The van der Waals surface area contributed by atoms with Crippen molar-refractivity contribution < 1.29 is 4.79 Å². The molecule has 0 aliphatic carbocycles. The fraction of sp³-hybridized carbons (Fsp3) is 0.125. The second kappa shape index (κ2) is 3.13. The molecule has 0 bridgehead atoms. The predicted octanol–water partition coefficient (Wildman–Crippen LogP) is 0.409. The summed E-state index contributed by atoms with van der Waals surface area (Å²) >= 11 is 0. The van der Waals surface area contributed by atoms with E-state index in [2.05, 4.69) is 5.32 Å². The summed E-state index contributed by atoms with van der Waals surface area (Å²) in [6.07, 6.45) is 0. The molecule has 1 aromatic rings. The van der Waals surface area contributed by atoms with E-state index in [1.54, 1.807) is 25.2 Å². The van der Waals surface area contributed by atoms with E-state index in [-0.39, 0.29) is 0 Å². The second-order valence-electron chi connectivity index (χ2n) is 2.38. The molecule has 0 saturated heterocycles. The highest BCUT2D eigenvalue weighted by Gasteiger charge is 2.09. The van der Waals surface area contributed by atoms with Crippen LogP contribution in [0.15, 0.2) is 18.2 Å². The summed E-state index contributed by atoms with van der Waals surface area (Å²) < 4.78 is 0. The minimum absolute atomic E-state index is 0.347. The fourth-order valence-electron chi connectivity index (χ4n) is 1.05. The van der Waals surface area contributed by atoms with Crippen LogP contribution >= 0.6 is 0 Å². The number of nitrogens with two attached hydrogens (primary N) is 2. The Kier molecular flexibility index (Phi) is 2.19. The molecule has 1 aromatic carbocycles. The molecule has 12 heavy (non-hydrogen) atoms. The molecule has 0 heterocycles. The first-order valence-electron chi connectivity index (χ1n) is 3.53. The molecule has 5 N–H and O–H groups in total. The number of benzene rings is 1. The first-order valence-corrected chi connectivity index (χ1v) is 3.53. The van der Waals surface area contributed by atoms with Gasteiger partial charge in [-0.25, -0.2) is 0 Å². The van der Waals surface area contributed by atoms with Crippen molar-refractivity contribution >= 4 is 17.3 Å². The van der Waals surface area contributed by atoms with E-state index in [1.165, 1.54) is 0 Å². The first-order chi connectivity index (χ1) is 5.66. The summed E-state index contributed by atoms with van der Waals surface area (Å²) in [5, 5.41) is 2.84. The Labute approximate surface area is 70.6 Å². The molecule has 0 radical (unpaired) electrons. The quantitative estimate of drug-likeness (QED) is 0.555. The van der Waals surface area contributed by atoms with Gasteiger partial charge in [0.05, 0.1) is 5.56 Å². The highest BCUT2D eigenvalue weighted by atomic mass is 16.1. The zero-order chi connectivity index (χ0) is 9.14. The van der Waals surface area contributed by atoms with Crippen molar-refractivity contribution in [2.45, 2.75) is 0 Å². The van der Waals surface area contributed by atoms with E-state index in [1.807, 2.05) is 0 Å². The maximum atomic E-state index is 10.9. The molecule has 0 saturated carbocycles. The van der Waals surface area contributed by atoms with Crippen LogP contribution in [0.2, 0.25) is 0 Å². The van der Waals surface area contributed by atoms with Crippen LogP contribution in [0.1, 0.15) is 10.4 Å². The van der Waals surface area contributed by atoms with E-state index in [0.29, 0.717) is 16.9 Å². The molecule has 64 valence electrons. The maximum Gasteiger partial charge on any atom is 0.252 e. The molecule has 1 amide bonds. The third kappa shape index (κ3) is 1.32. The van der Waals surface area contributed by atoms with E-state index in [0.717, 1.165) is 0 Å². The lowest BCUT2D eigenvalue weighted by atomic mass is 10.1. The molecule has 0 aliphatic heterocycles. The lowest BCUT2D eigenvalue weighted by molar-refractivity contribution is 0.100. The molecule has 0 unspecified atom stereocenters. The Morgan fingerprint density at radius 2 is 2.17 bits per heavy atom. The van der Waals surface area contributed by atoms with E-state index in [9.17, 15) is 4.79 Å². The van der Waals surface area contributed by atoms with Crippen molar-refractivity contribution in [2.24, 2.45) is 5.73 Å². The highest BCUT2D eigenvalue weighted by molar-refractivity contribution is 6.03. The summed E-state index contributed by atoms with van der Waals surface area (Å²) in [6, 6.07) is 5.14. The zero-order valence-corrected chi connectivity index (χ0v) is 6.79. The summed E-state index contributed by atoms with van der Waals surface area (Å²) in [5.74, 6) is -0.516. The molecule has 0 aliphatic rings. The second-order valence-corrected chi connectivity index (χ2v) is 2.38. The van der Waals surface area contributed by atoms with Gasteiger partial charge in [-0.3, -0.25) is 4.79 Å². The number of hydrogen-bond acceptors (Lipinski definition) is 3. The number of primary amides is 1. The molecule has 4 heteroatoms. The van der Waals surface area contributed by atoms with Gasteiger partial charge in [-0.1, -0.05) is 6.07 Å². The lowest BCUT2D eigenvalue weighted by Crippen LogP contribution is -2.15. The molecular formula is C8H11N3O. The van der Waals surface area contributed by atoms with Crippen molar-refractivity contribution in [3.63, 3.8) is 0 Å². The van der Waals surface area contributed by atoms with Crippen molar-refractivity contribution in [1.82, 2.24) is 0 Å². The number of nitrogen functional groups attached to an aromatic ring is 1. The molecule has 1 rings (SSSR count). The topological polar surface area (TPSA) is 81.1 Å². The average Bonchev–Trinajstić information content (AvgIpc) is 2.03. The SMILES string of the molecule is CNc1cccc(N)c1C(N)=O. The smallest absolute Gasteiger partial charge is 0.252 e. The van der Waals surface area contributed by atoms with Crippen LogP contribution < -0.4 is 16.8 Å². The first kappa shape index (κ1) is 8.39.